The zero-order valence-electron chi connectivity index (χ0n) is 7.30. The van der Waals surface area contributed by atoms with Gasteiger partial charge in [-0.3, -0.25) is 0 Å². The Morgan fingerprint density at radius 1 is 1.00 bits per heavy atom. The molecule has 2 radical (unpaired) electrons. The largest absolute Gasteiger partial charge is 0.0721 e. The molecule has 0 heterocycles. The summed E-state index contributed by atoms with van der Waals surface area (Å²) >= 11 is 0. The molecule has 0 aliphatic heterocycles. The first-order valence-corrected chi connectivity index (χ1v) is 4.38. The van der Waals surface area contributed by atoms with E-state index in [1.807, 2.05) is 0 Å². The second-order valence-electron chi connectivity index (χ2n) is 3.97. The molecule has 10 heavy (non-hydrogen) atoms. The van der Waals surface area contributed by atoms with Crippen LogP contribution in [0.2, 0.25) is 5.82 Å². The topological polar surface area (TPSA) is 0 Å². The fraction of sp³-hybridized carbons (Fsp3) is 1.00. The van der Waals surface area contributed by atoms with Gasteiger partial charge in [0.2, 0.25) is 0 Å². The first-order chi connectivity index (χ1) is 4.63. The highest BCUT2D eigenvalue weighted by Gasteiger charge is 2.27. The summed E-state index contributed by atoms with van der Waals surface area (Å²) in [5, 5.41) is 0. The van der Waals surface area contributed by atoms with Gasteiger partial charge < -0.3 is 0 Å². The predicted molar refractivity (Wildman–Crippen MR) is 46.2 cm³/mol. The standard InChI is InChI=1S/C9H17B/c1-6-4-5-7(2)9(10)8(6)3/h6-9H,4-5H2,1-3H3. The summed E-state index contributed by atoms with van der Waals surface area (Å²) in [6, 6.07) is 0. The summed E-state index contributed by atoms with van der Waals surface area (Å²) in [6.07, 6.45) is 2.70. The number of hydrogen-bond donors (Lipinski definition) is 0. The van der Waals surface area contributed by atoms with Gasteiger partial charge in [0.1, 0.15) is 0 Å². The zero-order valence-corrected chi connectivity index (χ0v) is 7.30. The molecule has 4 unspecified atom stereocenters. The highest BCUT2D eigenvalue weighted by atomic mass is 14.3. The molecule has 0 saturated heterocycles. The van der Waals surface area contributed by atoms with Crippen molar-refractivity contribution in [3.05, 3.63) is 0 Å². The van der Waals surface area contributed by atoms with Crippen molar-refractivity contribution in [2.24, 2.45) is 17.8 Å². The fourth-order valence-electron chi connectivity index (χ4n) is 1.88. The first-order valence-electron chi connectivity index (χ1n) is 4.38. The van der Waals surface area contributed by atoms with Crippen molar-refractivity contribution in [2.75, 3.05) is 0 Å². The second kappa shape index (κ2) is 2.98. The maximum Gasteiger partial charge on any atom is 0.0706 e. The Morgan fingerprint density at radius 3 is 2.00 bits per heavy atom. The normalized spacial score (nSPS) is 49.1. The molecule has 1 saturated carbocycles. The molecule has 4 atom stereocenters. The summed E-state index contributed by atoms with van der Waals surface area (Å²) in [7, 11) is 6.01. The molecule has 0 N–H and O–H groups in total. The van der Waals surface area contributed by atoms with E-state index in [4.69, 9.17) is 7.85 Å². The van der Waals surface area contributed by atoms with Gasteiger partial charge in [-0.1, -0.05) is 39.4 Å². The van der Waals surface area contributed by atoms with Crippen molar-refractivity contribution in [3.8, 4) is 0 Å². The van der Waals surface area contributed by atoms with Gasteiger partial charge in [-0.2, -0.15) is 0 Å². The van der Waals surface area contributed by atoms with E-state index >= 15 is 0 Å². The van der Waals surface area contributed by atoms with E-state index in [2.05, 4.69) is 20.8 Å². The molecule has 0 amide bonds. The molecule has 1 rings (SSSR count). The van der Waals surface area contributed by atoms with Crippen LogP contribution >= 0.6 is 0 Å². The van der Waals surface area contributed by atoms with Crippen molar-refractivity contribution in [2.45, 2.75) is 39.4 Å². The maximum atomic E-state index is 6.01. The smallest absolute Gasteiger partial charge is 0.0706 e. The zero-order chi connectivity index (χ0) is 7.72. The van der Waals surface area contributed by atoms with Crippen LogP contribution in [-0.4, -0.2) is 7.85 Å². The third-order valence-electron chi connectivity index (χ3n) is 3.24. The Hall–Kier alpha value is 0.0649. The highest BCUT2D eigenvalue weighted by Crippen LogP contribution is 2.39. The molecule has 1 aliphatic carbocycles. The highest BCUT2D eigenvalue weighted by molar-refractivity contribution is 6.12. The first kappa shape index (κ1) is 8.16. The Morgan fingerprint density at radius 2 is 1.50 bits per heavy atom. The monoisotopic (exact) mass is 136 g/mol. The van der Waals surface area contributed by atoms with E-state index in [0.29, 0.717) is 5.82 Å². The van der Waals surface area contributed by atoms with Crippen LogP contribution in [0.5, 0.6) is 0 Å². The Labute approximate surface area is 65.8 Å². The molecule has 0 aromatic heterocycles. The lowest BCUT2D eigenvalue weighted by molar-refractivity contribution is 0.222. The molecule has 0 aromatic carbocycles. The average molecular weight is 136 g/mol. The molecule has 56 valence electrons. The Kier molecular flexibility index (Phi) is 2.43. The summed E-state index contributed by atoms with van der Waals surface area (Å²) in [5.74, 6) is 2.75. The van der Waals surface area contributed by atoms with Gasteiger partial charge in [0, 0.05) is 0 Å². The van der Waals surface area contributed by atoms with Gasteiger partial charge in [-0.05, 0) is 17.8 Å². The quantitative estimate of drug-likeness (QED) is 0.449. The minimum absolute atomic E-state index is 0.448. The molecule has 1 aliphatic rings. The lowest BCUT2D eigenvalue weighted by atomic mass is 9.60. The summed E-state index contributed by atoms with van der Waals surface area (Å²) < 4.78 is 0. The van der Waals surface area contributed by atoms with Gasteiger partial charge in [-0.15, -0.1) is 0 Å². The minimum atomic E-state index is 0.448. The van der Waals surface area contributed by atoms with E-state index in [-0.39, 0.29) is 0 Å². The van der Waals surface area contributed by atoms with Crippen molar-refractivity contribution in [1.29, 1.82) is 0 Å². The molecular weight excluding hydrogens is 119 g/mol. The number of hydrogen-bond acceptors (Lipinski definition) is 0. The van der Waals surface area contributed by atoms with Crippen LogP contribution in [0.1, 0.15) is 33.6 Å². The van der Waals surface area contributed by atoms with E-state index in [1.165, 1.54) is 12.8 Å². The molecule has 1 fully saturated rings. The lowest BCUT2D eigenvalue weighted by Crippen LogP contribution is -2.26. The van der Waals surface area contributed by atoms with Crippen LogP contribution in [-0.2, 0) is 0 Å². The van der Waals surface area contributed by atoms with Crippen LogP contribution in [0.15, 0.2) is 0 Å². The molecule has 1 heteroatoms. The van der Waals surface area contributed by atoms with Crippen molar-refractivity contribution >= 4 is 7.85 Å². The van der Waals surface area contributed by atoms with Gasteiger partial charge in [0.25, 0.3) is 0 Å². The van der Waals surface area contributed by atoms with Crippen molar-refractivity contribution in [1.82, 2.24) is 0 Å². The van der Waals surface area contributed by atoms with Crippen LogP contribution in [0.25, 0.3) is 0 Å². The van der Waals surface area contributed by atoms with E-state index in [1.54, 1.807) is 0 Å². The summed E-state index contributed by atoms with van der Waals surface area (Å²) in [6.45, 7) is 6.87. The Bertz CT molecular complexity index is 97.3. The van der Waals surface area contributed by atoms with Crippen LogP contribution < -0.4 is 0 Å². The second-order valence-corrected chi connectivity index (χ2v) is 3.97. The number of rotatable bonds is 0. The average Bonchev–Trinajstić information content (AvgIpc) is 1.93. The minimum Gasteiger partial charge on any atom is -0.0721 e. The lowest BCUT2D eigenvalue weighted by Gasteiger charge is -2.37. The molecule has 0 aromatic rings. The molecule has 0 bridgehead atoms. The van der Waals surface area contributed by atoms with Gasteiger partial charge in [0.05, 0.1) is 7.85 Å². The SMILES string of the molecule is [B]C1C(C)CCC(C)C1C. The summed E-state index contributed by atoms with van der Waals surface area (Å²) in [4.78, 5) is 0. The van der Waals surface area contributed by atoms with Gasteiger partial charge in [-0.25, -0.2) is 0 Å². The van der Waals surface area contributed by atoms with Crippen molar-refractivity contribution in [3.63, 3.8) is 0 Å². The fourth-order valence-corrected chi connectivity index (χ4v) is 1.88. The van der Waals surface area contributed by atoms with E-state index in [0.717, 1.165) is 17.8 Å². The summed E-state index contributed by atoms with van der Waals surface area (Å²) in [5.41, 5.74) is 0. The third-order valence-corrected chi connectivity index (χ3v) is 3.24. The van der Waals surface area contributed by atoms with Crippen LogP contribution in [0, 0.1) is 17.8 Å². The Balaban J connectivity index is 2.52. The maximum absolute atomic E-state index is 6.01. The molecule has 0 spiro atoms. The van der Waals surface area contributed by atoms with Crippen LogP contribution in [0.3, 0.4) is 0 Å². The molecule has 0 nitrogen and oxygen atoms in total. The molecular formula is C9H17B. The van der Waals surface area contributed by atoms with Gasteiger partial charge >= 0.3 is 0 Å². The third kappa shape index (κ3) is 1.38. The van der Waals surface area contributed by atoms with E-state index < -0.39 is 0 Å². The predicted octanol–water partition coefficient (Wildman–Crippen LogP) is 2.65. The van der Waals surface area contributed by atoms with Crippen LogP contribution in [0.4, 0.5) is 0 Å². The van der Waals surface area contributed by atoms with E-state index in [9.17, 15) is 0 Å². The van der Waals surface area contributed by atoms with Crippen molar-refractivity contribution < 1.29 is 0 Å². The van der Waals surface area contributed by atoms with Gasteiger partial charge in [0.15, 0.2) is 0 Å².